The molecule has 0 radical (unpaired) electrons. The fourth-order valence-electron chi connectivity index (χ4n) is 1.39. The zero-order chi connectivity index (χ0) is 13.5. The summed E-state index contributed by atoms with van der Waals surface area (Å²) in [4.78, 5) is 0. The third kappa shape index (κ3) is 4.41. The normalized spacial score (nSPS) is 10.1. The molecule has 0 aromatic heterocycles. The lowest BCUT2D eigenvalue weighted by atomic mass is 10.2. The molecule has 5 heteroatoms. The molecule has 0 atom stereocenters. The topological polar surface area (TPSA) is 42.5 Å². The minimum Gasteiger partial charge on any atom is -0.493 e. The first kappa shape index (κ1) is 14.6. The van der Waals surface area contributed by atoms with Crippen LogP contribution in [0.15, 0.2) is 18.2 Å². The van der Waals surface area contributed by atoms with Gasteiger partial charge in [0.2, 0.25) is 0 Å². The van der Waals surface area contributed by atoms with Crippen LogP contribution >= 0.6 is 12.2 Å². The van der Waals surface area contributed by atoms with Gasteiger partial charge in [-0.1, -0.05) is 13.8 Å². The number of hydrogen-bond donors (Lipinski definition) is 2. The van der Waals surface area contributed by atoms with Crippen LogP contribution < -0.4 is 20.1 Å². The van der Waals surface area contributed by atoms with Crippen molar-refractivity contribution < 1.29 is 9.47 Å². The molecule has 0 heterocycles. The van der Waals surface area contributed by atoms with Gasteiger partial charge in [-0.2, -0.15) is 0 Å². The minimum absolute atomic E-state index is 0.551. The van der Waals surface area contributed by atoms with Crippen LogP contribution in [-0.2, 0) is 0 Å². The lowest BCUT2D eigenvalue weighted by Gasteiger charge is -2.14. The molecule has 100 valence electrons. The summed E-state index contributed by atoms with van der Waals surface area (Å²) in [5.41, 5.74) is 0.869. The molecule has 0 bridgehead atoms. The van der Waals surface area contributed by atoms with Gasteiger partial charge in [0.1, 0.15) is 0 Å². The number of hydrogen-bond acceptors (Lipinski definition) is 3. The van der Waals surface area contributed by atoms with Gasteiger partial charge in [0, 0.05) is 18.3 Å². The maximum Gasteiger partial charge on any atom is 0.170 e. The predicted octanol–water partition coefficient (Wildman–Crippen LogP) is 2.65. The molecule has 0 saturated carbocycles. The summed E-state index contributed by atoms with van der Waals surface area (Å²) in [6.45, 7) is 5.11. The number of ether oxygens (including phenoxy) is 2. The van der Waals surface area contributed by atoms with Crippen molar-refractivity contribution in [3.8, 4) is 11.5 Å². The highest BCUT2D eigenvalue weighted by atomic mass is 32.1. The molecule has 4 nitrogen and oxygen atoms in total. The fraction of sp³-hybridized carbons (Fsp3) is 0.462. The fourth-order valence-corrected chi connectivity index (χ4v) is 1.59. The summed E-state index contributed by atoms with van der Waals surface area (Å²) < 4.78 is 10.4. The van der Waals surface area contributed by atoms with Crippen LogP contribution in [0, 0.1) is 5.92 Å². The molecule has 0 saturated heterocycles. The number of rotatable bonds is 5. The molecule has 1 aromatic carbocycles. The van der Waals surface area contributed by atoms with Gasteiger partial charge in [0.15, 0.2) is 16.6 Å². The van der Waals surface area contributed by atoms with Crippen LogP contribution in [0.2, 0.25) is 0 Å². The van der Waals surface area contributed by atoms with Crippen LogP contribution in [0.5, 0.6) is 11.5 Å². The van der Waals surface area contributed by atoms with Crippen molar-refractivity contribution in [1.82, 2.24) is 5.32 Å². The van der Waals surface area contributed by atoms with Crippen molar-refractivity contribution in [1.29, 1.82) is 0 Å². The quantitative estimate of drug-likeness (QED) is 0.804. The first-order valence-corrected chi connectivity index (χ1v) is 6.24. The Hall–Kier alpha value is -1.49. The predicted molar refractivity (Wildman–Crippen MR) is 78.6 cm³/mol. The molecule has 1 rings (SSSR count). The van der Waals surface area contributed by atoms with Crippen molar-refractivity contribution in [2.75, 3.05) is 26.1 Å². The van der Waals surface area contributed by atoms with E-state index in [1.165, 1.54) is 0 Å². The standard InChI is InChI=1S/C13H20N2O2S/c1-9(2)8-14-13(18)15-10-5-6-11(16-3)12(7-10)17-4/h5-7,9H,8H2,1-4H3,(H2,14,15,18). The second kappa shape index (κ2) is 7.06. The summed E-state index contributed by atoms with van der Waals surface area (Å²) in [5.74, 6) is 1.92. The van der Waals surface area contributed by atoms with E-state index in [9.17, 15) is 0 Å². The van der Waals surface area contributed by atoms with Crippen molar-refractivity contribution in [2.45, 2.75) is 13.8 Å². The van der Waals surface area contributed by atoms with Crippen molar-refractivity contribution in [3.63, 3.8) is 0 Å². The molecule has 18 heavy (non-hydrogen) atoms. The third-order valence-electron chi connectivity index (χ3n) is 2.31. The molecule has 0 aliphatic heterocycles. The zero-order valence-electron chi connectivity index (χ0n) is 11.2. The second-order valence-corrected chi connectivity index (χ2v) is 4.71. The molecule has 0 spiro atoms. The van der Waals surface area contributed by atoms with Crippen LogP contribution in [0.4, 0.5) is 5.69 Å². The first-order chi connectivity index (χ1) is 8.56. The number of anilines is 1. The molecule has 2 N–H and O–H groups in total. The van der Waals surface area contributed by atoms with Gasteiger partial charge < -0.3 is 20.1 Å². The Kier molecular flexibility index (Phi) is 5.71. The Labute approximate surface area is 114 Å². The van der Waals surface area contributed by atoms with Gasteiger partial charge in [-0.05, 0) is 30.3 Å². The maximum absolute atomic E-state index is 5.23. The van der Waals surface area contributed by atoms with Crippen molar-refractivity contribution >= 4 is 23.0 Å². The highest BCUT2D eigenvalue weighted by Crippen LogP contribution is 2.29. The molecule has 0 amide bonds. The average molecular weight is 268 g/mol. The SMILES string of the molecule is COc1ccc(NC(=S)NCC(C)C)cc1OC. The molecular formula is C13H20N2O2S. The van der Waals surface area contributed by atoms with Gasteiger partial charge >= 0.3 is 0 Å². The van der Waals surface area contributed by atoms with Gasteiger partial charge in [0.25, 0.3) is 0 Å². The Morgan fingerprint density at radius 1 is 1.22 bits per heavy atom. The summed E-state index contributed by atoms with van der Waals surface area (Å²) >= 11 is 5.20. The Morgan fingerprint density at radius 2 is 1.89 bits per heavy atom. The largest absolute Gasteiger partial charge is 0.493 e. The van der Waals surface area contributed by atoms with Crippen LogP contribution in [0.1, 0.15) is 13.8 Å². The monoisotopic (exact) mass is 268 g/mol. The summed E-state index contributed by atoms with van der Waals surface area (Å²) in [7, 11) is 3.22. The highest BCUT2D eigenvalue weighted by molar-refractivity contribution is 7.80. The number of thiocarbonyl (C=S) groups is 1. The van der Waals surface area contributed by atoms with Gasteiger partial charge in [-0.15, -0.1) is 0 Å². The van der Waals surface area contributed by atoms with E-state index in [-0.39, 0.29) is 0 Å². The van der Waals surface area contributed by atoms with Crippen molar-refractivity contribution in [3.05, 3.63) is 18.2 Å². The minimum atomic E-state index is 0.551. The van der Waals surface area contributed by atoms with Crippen LogP contribution in [0.3, 0.4) is 0 Å². The summed E-state index contributed by atoms with van der Waals surface area (Å²) in [6, 6.07) is 5.58. The lowest BCUT2D eigenvalue weighted by Crippen LogP contribution is -2.31. The average Bonchev–Trinajstić information content (AvgIpc) is 2.36. The number of benzene rings is 1. The lowest BCUT2D eigenvalue weighted by molar-refractivity contribution is 0.355. The number of nitrogens with one attached hydrogen (secondary N) is 2. The Balaban J connectivity index is 2.64. The molecule has 0 aliphatic carbocycles. The maximum atomic E-state index is 5.23. The zero-order valence-corrected chi connectivity index (χ0v) is 12.1. The van der Waals surface area contributed by atoms with Crippen molar-refractivity contribution in [2.24, 2.45) is 5.92 Å². The second-order valence-electron chi connectivity index (χ2n) is 4.30. The van der Waals surface area contributed by atoms with E-state index in [0.29, 0.717) is 22.5 Å². The van der Waals surface area contributed by atoms with Gasteiger partial charge in [0.05, 0.1) is 14.2 Å². The van der Waals surface area contributed by atoms with E-state index in [4.69, 9.17) is 21.7 Å². The Bertz CT molecular complexity index is 408. The molecule has 0 unspecified atom stereocenters. The molecule has 0 fully saturated rings. The molecule has 1 aromatic rings. The summed E-state index contributed by atoms with van der Waals surface area (Å²) in [6.07, 6.45) is 0. The van der Waals surface area contributed by atoms with Crippen LogP contribution in [0.25, 0.3) is 0 Å². The smallest absolute Gasteiger partial charge is 0.170 e. The molecular weight excluding hydrogens is 248 g/mol. The first-order valence-electron chi connectivity index (χ1n) is 5.83. The van der Waals surface area contributed by atoms with E-state index in [1.54, 1.807) is 14.2 Å². The van der Waals surface area contributed by atoms with E-state index < -0.39 is 0 Å². The third-order valence-corrected chi connectivity index (χ3v) is 2.56. The van der Waals surface area contributed by atoms with Gasteiger partial charge in [-0.3, -0.25) is 0 Å². The summed E-state index contributed by atoms with van der Waals surface area (Å²) in [5, 5.41) is 6.86. The van der Waals surface area contributed by atoms with E-state index >= 15 is 0 Å². The van der Waals surface area contributed by atoms with E-state index in [1.807, 2.05) is 18.2 Å². The van der Waals surface area contributed by atoms with Gasteiger partial charge in [-0.25, -0.2) is 0 Å². The van der Waals surface area contributed by atoms with E-state index in [2.05, 4.69) is 24.5 Å². The highest BCUT2D eigenvalue weighted by Gasteiger charge is 2.05. The van der Waals surface area contributed by atoms with E-state index in [0.717, 1.165) is 12.2 Å². The number of methoxy groups -OCH3 is 2. The van der Waals surface area contributed by atoms with Crippen LogP contribution in [-0.4, -0.2) is 25.9 Å². The Morgan fingerprint density at radius 3 is 2.44 bits per heavy atom. The molecule has 0 aliphatic rings.